The Morgan fingerprint density at radius 1 is 1.25 bits per heavy atom. The Balaban J connectivity index is 1.81. The molecule has 0 bridgehead atoms. The van der Waals surface area contributed by atoms with E-state index in [1.54, 1.807) is 18.2 Å². The molecular weight excluding hydrogens is 376 g/mol. The number of carbonyl (C=O) groups excluding carboxylic acids is 1. The summed E-state index contributed by atoms with van der Waals surface area (Å²) in [5.74, 6) is 0.949. The van der Waals surface area contributed by atoms with E-state index in [9.17, 15) is 13.2 Å². The van der Waals surface area contributed by atoms with E-state index in [-0.39, 0.29) is 10.8 Å². The highest BCUT2D eigenvalue weighted by Gasteiger charge is 2.21. The Hall–Kier alpha value is -2.19. The monoisotopic (exact) mass is 404 g/mol. The quantitative estimate of drug-likeness (QED) is 0.693. The van der Waals surface area contributed by atoms with Crippen LogP contribution >= 0.6 is 0 Å². The van der Waals surface area contributed by atoms with Crippen molar-refractivity contribution in [1.29, 1.82) is 0 Å². The lowest BCUT2D eigenvalue weighted by Gasteiger charge is -2.28. The van der Waals surface area contributed by atoms with Gasteiger partial charge in [0.25, 0.3) is 0 Å². The van der Waals surface area contributed by atoms with Crippen LogP contribution in [-0.4, -0.2) is 60.3 Å². The number of fused-ring (bicyclic) bond motifs is 1. The molecule has 8 heteroatoms. The van der Waals surface area contributed by atoms with Gasteiger partial charge in [-0.3, -0.25) is 4.79 Å². The van der Waals surface area contributed by atoms with Crippen molar-refractivity contribution in [3.05, 3.63) is 36.2 Å². The van der Waals surface area contributed by atoms with E-state index in [4.69, 9.17) is 0 Å². The predicted molar refractivity (Wildman–Crippen MR) is 110 cm³/mol. The van der Waals surface area contributed by atoms with Crippen molar-refractivity contribution in [2.24, 2.45) is 0 Å². The number of amides is 1. The van der Waals surface area contributed by atoms with Crippen LogP contribution in [0.3, 0.4) is 0 Å². The number of rotatable bonds is 6. The van der Waals surface area contributed by atoms with Gasteiger partial charge in [0.05, 0.1) is 15.9 Å². The van der Waals surface area contributed by atoms with E-state index in [0.29, 0.717) is 24.9 Å². The van der Waals surface area contributed by atoms with Crippen LogP contribution in [0.25, 0.3) is 11.0 Å². The lowest BCUT2D eigenvalue weighted by Crippen LogP contribution is -2.36. The largest absolute Gasteiger partial charge is 0.342 e. The van der Waals surface area contributed by atoms with Crippen LogP contribution in [0.5, 0.6) is 0 Å². The van der Waals surface area contributed by atoms with Gasteiger partial charge in [-0.2, -0.15) is 0 Å². The summed E-state index contributed by atoms with van der Waals surface area (Å²) >= 11 is 0. The number of aromatic nitrogens is 2. The number of aryl methyl sites for hydroxylation is 2. The number of hydrogen-bond donors (Lipinski definition) is 0. The normalized spacial score (nSPS) is 15.6. The van der Waals surface area contributed by atoms with Crippen LogP contribution < -0.4 is 0 Å². The Morgan fingerprint density at radius 2 is 1.93 bits per heavy atom. The SMILES string of the molecule is C=C1CCN(C(=O)CCc2nc3cc(S(=O)(=O)N(C)C)ccc3n2CC)CC1. The van der Waals surface area contributed by atoms with Crippen molar-refractivity contribution in [1.82, 2.24) is 18.8 Å². The molecule has 0 atom stereocenters. The molecule has 1 aliphatic rings. The van der Waals surface area contributed by atoms with Crippen LogP contribution in [-0.2, 0) is 27.8 Å². The van der Waals surface area contributed by atoms with Crippen molar-refractivity contribution in [2.45, 2.75) is 44.0 Å². The minimum Gasteiger partial charge on any atom is -0.342 e. The maximum absolute atomic E-state index is 12.5. The van der Waals surface area contributed by atoms with E-state index in [1.165, 1.54) is 24.0 Å². The van der Waals surface area contributed by atoms with Gasteiger partial charge in [-0.05, 0) is 38.0 Å². The molecule has 0 saturated carbocycles. The van der Waals surface area contributed by atoms with Gasteiger partial charge < -0.3 is 9.47 Å². The summed E-state index contributed by atoms with van der Waals surface area (Å²) in [6.45, 7) is 8.21. The zero-order valence-electron chi connectivity index (χ0n) is 16.8. The smallest absolute Gasteiger partial charge is 0.242 e. The first-order valence-electron chi connectivity index (χ1n) is 9.60. The number of benzene rings is 1. The molecule has 7 nitrogen and oxygen atoms in total. The fourth-order valence-corrected chi connectivity index (χ4v) is 4.45. The summed E-state index contributed by atoms with van der Waals surface area (Å²) in [5, 5.41) is 0. The van der Waals surface area contributed by atoms with Crippen LogP contribution in [0.15, 0.2) is 35.2 Å². The lowest BCUT2D eigenvalue weighted by molar-refractivity contribution is -0.131. The summed E-state index contributed by atoms with van der Waals surface area (Å²) in [4.78, 5) is 19.3. The molecule has 0 N–H and O–H groups in total. The first-order chi connectivity index (χ1) is 13.2. The number of hydrogen-bond acceptors (Lipinski definition) is 4. The van der Waals surface area contributed by atoms with E-state index < -0.39 is 10.0 Å². The van der Waals surface area contributed by atoms with Gasteiger partial charge in [0, 0.05) is 46.6 Å². The number of imidazole rings is 1. The molecule has 0 spiro atoms. The first kappa shape index (κ1) is 20.5. The predicted octanol–water partition coefficient (Wildman–Crippen LogP) is 2.42. The molecule has 1 amide bonds. The van der Waals surface area contributed by atoms with Gasteiger partial charge in [0.1, 0.15) is 5.82 Å². The van der Waals surface area contributed by atoms with Gasteiger partial charge in [-0.25, -0.2) is 17.7 Å². The minimum atomic E-state index is -3.51. The third-order valence-corrected chi connectivity index (χ3v) is 7.09. The van der Waals surface area contributed by atoms with Gasteiger partial charge in [-0.15, -0.1) is 0 Å². The highest BCUT2D eigenvalue weighted by atomic mass is 32.2. The van der Waals surface area contributed by atoms with Crippen molar-refractivity contribution in [3.8, 4) is 0 Å². The number of sulfonamides is 1. The molecule has 1 aromatic carbocycles. The van der Waals surface area contributed by atoms with Crippen molar-refractivity contribution >= 4 is 27.0 Å². The number of nitrogens with zero attached hydrogens (tertiary/aromatic N) is 4. The van der Waals surface area contributed by atoms with Gasteiger partial charge in [-0.1, -0.05) is 12.2 Å². The Bertz CT molecular complexity index is 998. The summed E-state index contributed by atoms with van der Waals surface area (Å²) in [6, 6.07) is 5.02. The van der Waals surface area contributed by atoms with Crippen molar-refractivity contribution in [2.75, 3.05) is 27.2 Å². The fraction of sp³-hybridized carbons (Fsp3) is 0.500. The first-order valence-corrected chi connectivity index (χ1v) is 11.0. The molecule has 152 valence electrons. The van der Waals surface area contributed by atoms with E-state index in [0.717, 1.165) is 37.3 Å². The Kier molecular flexibility index (Phi) is 5.90. The summed E-state index contributed by atoms with van der Waals surface area (Å²) in [7, 11) is -0.485. The second-order valence-corrected chi connectivity index (χ2v) is 9.49. The van der Waals surface area contributed by atoms with E-state index in [2.05, 4.69) is 11.6 Å². The maximum Gasteiger partial charge on any atom is 0.242 e. The summed E-state index contributed by atoms with van der Waals surface area (Å²) in [6.07, 6.45) is 2.69. The molecule has 2 aromatic rings. The second kappa shape index (κ2) is 8.05. The average Bonchev–Trinajstić information content (AvgIpc) is 3.03. The third kappa shape index (κ3) is 3.98. The zero-order chi connectivity index (χ0) is 20.5. The molecule has 0 radical (unpaired) electrons. The molecule has 2 heterocycles. The third-order valence-electron chi connectivity index (χ3n) is 5.28. The number of piperidine rings is 1. The van der Waals surface area contributed by atoms with Gasteiger partial charge in [0.15, 0.2) is 0 Å². The van der Waals surface area contributed by atoms with Crippen LogP contribution in [0.1, 0.15) is 32.0 Å². The lowest BCUT2D eigenvalue weighted by atomic mass is 10.1. The molecule has 1 aliphatic heterocycles. The highest BCUT2D eigenvalue weighted by molar-refractivity contribution is 7.89. The maximum atomic E-state index is 12.5. The fourth-order valence-electron chi connectivity index (χ4n) is 3.52. The second-order valence-electron chi connectivity index (χ2n) is 7.34. The highest BCUT2D eigenvalue weighted by Crippen LogP contribution is 2.23. The Morgan fingerprint density at radius 3 is 2.54 bits per heavy atom. The number of carbonyl (C=O) groups is 1. The van der Waals surface area contributed by atoms with Crippen molar-refractivity contribution in [3.63, 3.8) is 0 Å². The molecule has 0 aliphatic carbocycles. The Labute approximate surface area is 166 Å². The van der Waals surface area contributed by atoms with Gasteiger partial charge >= 0.3 is 0 Å². The van der Waals surface area contributed by atoms with Crippen LogP contribution in [0.4, 0.5) is 0 Å². The van der Waals surface area contributed by atoms with E-state index in [1.807, 2.05) is 16.4 Å². The number of likely N-dealkylation sites (tertiary alicyclic amines) is 1. The molecular formula is C20H28N4O3S. The van der Waals surface area contributed by atoms with Crippen molar-refractivity contribution < 1.29 is 13.2 Å². The molecule has 1 saturated heterocycles. The van der Waals surface area contributed by atoms with Gasteiger partial charge in [0.2, 0.25) is 15.9 Å². The summed E-state index contributed by atoms with van der Waals surface area (Å²) < 4.78 is 28.0. The van der Waals surface area contributed by atoms with Crippen LogP contribution in [0, 0.1) is 0 Å². The zero-order valence-corrected chi connectivity index (χ0v) is 17.6. The minimum absolute atomic E-state index is 0.137. The molecule has 3 rings (SSSR count). The molecule has 28 heavy (non-hydrogen) atoms. The standard InChI is InChI=1S/C20H28N4O3S/c1-5-24-18-7-6-16(28(26,27)22(3)4)14-17(18)21-19(24)8-9-20(25)23-12-10-15(2)11-13-23/h6-7,14H,2,5,8-13H2,1,3-4H3. The average molecular weight is 405 g/mol. The van der Waals surface area contributed by atoms with Crippen LogP contribution in [0.2, 0.25) is 0 Å². The van der Waals surface area contributed by atoms with E-state index >= 15 is 0 Å². The topological polar surface area (TPSA) is 75.5 Å². The molecule has 1 aromatic heterocycles. The molecule has 1 fully saturated rings. The summed E-state index contributed by atoms with van der Waals surface area (Å²) in [5.41, 5.74) is 2.73. The molecule has 0 unspecified atom stereocenters.